The summed E-state index contributed by atoms with van der Waals surface area (Å²) < 4.78 is 19.6. The van der Waals surface area contributed by atoms with Crippen LogP contribution in [0, 0.1) is 0 Å². The molecule has 1 N–H and O–H groups in total. The maximum absolute atomic E-state index is 11.5. The summed E-state index contributed by atoms with van der Waals surface area (Å²) in [5, 5.41) is 10.0. The molecule has 10 heteroatoms. The van der Waals surface area contributed by atoms with Gasteiger partial charge >= 0.3 is 23.9 Å². The van der Waals surface area contributed by atoms with Crippen molar-refractivity contribution in [3.8, 4) is 0 Å². The Hall–Kier alpha value is -2.49. The van der Waals surface area contributed by atoms with Gasteiger partial charge in [-0.3, -0.25) is 24.0 Å². The molecule has 0 aliphatic rings. The molecule has 4 unspecified atom stereocenters. The van der Waals surface area contributed by atoms with Crippen LogP contribution in [-0.2, 0) is 42.9 Å². The molecule has 10 nitrogen and oxygen atoms in total. The third-order valence-electron chi connectivity index (χ3n) is 2.79. The highest BCUT2D eigenvalue weighted by molar-refractivity contribution is 5.81. The van der Waals surface area contributed by atoms with E-state index in [1.54, 1.807) is 0 Å². The summed E-state index contributed by atoms with van der Waals surface area (Å²) in [4.78, 5) is 56.5. The zero-order chi connectivity index (χ0) is 19.7. The molecular formula is C15H22O10. The number of ketones is 1. The van der Waals surface area contributed by atoms with E-state index in [2.05, 4.69) is 0 Å². The summed E-state index contributed by atoms with van der Waals surface area (Å²) in [6.07, 6.45) is -6.52. The van der Waals surface area contributed by atoms with Gasteiger partial charge in [0.1, 0.15) is 6.61 Å². The Bertz CT molecular complexity index is 526. The van der Waals surface area contributed by atoms with Gasteiger partial charge in [0.05, 0.1) is 0 Å². The summed E-state index contributed by atoms with van der Waals surface area (Å²) in [5.74, 6) is -4.05. The summed E-state index contributed by atoms with van der Waals surface area (Å²) in [6.45, 7) is 4.66. The predicted octanol–water partition coefficient (Wildman–Crippen LogP) is -0.705. The second-order valence-corrected chi connectivity index (χ2v) is 5.15. The summed E-state index contributed by atoms with van der Waals surface area (Å²) in [5.41, 5.74) is 0. The van der Waals surface area contributed by atoms with Crippen molar-refractivity contribution in [2.45, 2.75) is 59.0 Å². The molecule has 0 rings (SSSR count). The van der Waals surface area contributed by atoms with Crippen LogP contribution >= 0.6 is 0 Å². The molecule has 142 valence electrons. The number of hydrogen-bond acceptors (Lipinski definition) is 10. The Balaban J connectivity index is 5.81. The fraction of sp³-hybridized carbons (Fsp3) is 0.667. The number of aliphatic hydroxyl groups is 1. The first-order valence-electron chi connectivity index (χ1n) is 7.29. The van der Waals surface area contributed by atoms with Gasteiger partial charge in [-0.1, -0.05) is 0 Å². The van der Waals surface area contributed by atoms with Crippen molar-refractivity contribution < 1.29 is 48.0 Å². The highest BCUT2D eigenvalue weighted by Crippen LogP contribution is 2.18. The van der Waals surface area contributed by atoms with Crippen LogP contribution in [0.25, 0.3) is 0 Å². The topological polar surface area (TPSA) is 143 Å². The fourth-order valence-electron chi connectivity index (χ4n) is 1.89. The van der Waals surface area contributed by atoms with Crippen LogP contribution in [0.3, 0.4) is 0 Å². The lowest BCUT2D eigenvalue weighted by Crippen LogP contribution is -2.53. The second-order valence-electron chi connectivity index (χ2n) is 5.15. The van der Waals surface area contributed by atoms with Crippen molar-refractivity contribution in [3.63, 3.8) is 0 Å². The van der Waals surface area contributed by atoms with E-state index >= 15 is 0 Å². The van der Waals surface area contributed by atoms with Crippen molar-refractivity contribution in [2.75, 3.05) is 6.61 Å². The minimum Gasteiger partial charge on any atom is -0.462 e. The van der Waals surface area contributed by atoms with Crippen LogP contribution in [-0.4, -0.2) is 65.8 Å². The lowest BCUT2D eigenvalue weighted by molar-refractivity contribution is -0.198. The zero-order valence-electron chi connectivity index (χ0n) is 14.6. The molecule has 0 heterocycles. The maximum atomic E-state index is 11.5. The average Bonchev–Trinajstić information content (AvgIpc) is 2.45. The van der Waals surface area contributed by atoms with Gasteiger partial charge in [-0.2, -0.15) is 0 Å². The molecule has 0 aliphatic carbocycles. The van der Waals surface area contributed by atoms with Gasteiger partial charge in [-0.15, -0.1) is 0 Å². The highest BCUT2D eigenvalue weighted by Gasteiger charge is 2.43. The minimum absolute atomic E-state index is 0.546. The van der Waals surface area contributed by atoms with Gasteiger partial charge in [0.2, 0.25) is 0 Å². The highest BCUT2D eigenvalue weighted by atomic mass is 16.6. The fourth-order valence-corrected chi connectivity index (χ4v) is 1.89. The number of carbonyl (C=O) groups excluding carboxylic acids is 5. The third-order valence-corrected chi connectivity index (χ3v) is 2.79. The van der Waals surface area contributed by atoms with Gasteiger partial charge in [-0.05, 0) is 6.92 Å². The SMILES string of the molecule is CC(=O)OCC(OC(C)=O)C(OC(C)=O)C(OC(C)=O)C(O)C(C)=O. The molecule has 0 saturated heterocycles. The van der Waals surface area contributed by atoms with Crippen molar-refractivity contribution in [2.24, 2.45) is 0 Å². The Morgan fingerprint density at radius 1 is 0.720 bits per heavy atom. The van der Waals surface area contributed by atoms with E-state index in [4.69, 9.17) is 18.9 Å². The lowest BCUT2D eigenvalue weighted by atomic mass is 10.00. The number of Topliss-reactive ketones (excluding diaryl/α,β-unsaturated/α-hetero) is 1. The van der Waals surface area contributed by atoms with E-state index in [0.717, 1.165) is 34.6 Å². The monoisotopic (exact) mass is 362 g/mol. The number of esters is 4. The van der Waals surface area contributed by atoms with Crippen LogP contribution in [0.1, 0.15) is 34.6 Å². The molecule has 25 heavy (non-hydrogen) atoms. The first kappa shape index (κ1) is 22.5. The summed E-state index contributed by atoms with van der Waals surface area (Å²) >= 11 is 0. The largest absolute Gasteiger partial charge is 0.462 e. The average molecular weight is 362 g/mol. The maximum Gasteiger partial charge on any atom is 0.303 e. The van der Waals surface area contributed by atoms with Crippen LogP contribution in [0.5, 0.6) is 0 Å². The summed E-state index contributed by atoms with van der Waals surface area (Å²) in [7, 11) is 0. The van der Waals surface area contributed by atoms with Crippen molar-refractivity contribution >= 4 is 29.7 Å². The van der Waals surface area contributed by atoms with Crippen LogP contribution < -0.4 is 0 Å². The normalized spacial score (nSPS) is 15.1. The second kappa shape index (κ2) is 10.4. The van der Waals surface area contributed by atoms with E-state index in [-0.39, 0.29) is 0 Å². The molecule has 4 atom stereocenters. The molecule has 0 spiro atoms. The van der Waals surface area contributed by atoms with E-state index in [9.17, 15) is 29.1 Å². The Kier molecular flexibility index (Phi) is 9.36. The van der Waals surface area contributed by atoms with Gasteiger partial charge in [0.15, 0.2) is 30.2 Å². The molecule has 0 aromatic rings. The van der Waals surface area contributed by atoms with Crippen molar-refractivity contribution in [1.29, 1.82) is 0 Å². The first-order valence-corrected chi connectivity index (χ1v) is 7.29. The number of hydrogen-bond donors (Lipinski definition) is 1. The molecule has 0 aliphatic heterocycles. The van der Waals surface area contributed by atoms with Gasteiger partial charge in [0.25, 0.3) is 0 Å². The number of rotatable bonds is 9. The minimum atomic E-state index is -1.86. The summed E-state index contributed by atoms with van der Waals surface area (Å²) in [6, 6.07) is 0. The van der Waals surface area contributed by atoms with E-state index < -0.39 is 60.7 Å². The number of carbonyl (C=O) groups is 5. The van der Waals surface area contributed by atoms with Gasteiger partial charge in [-0.25, -0.2) is 0 Å². The smallest absolute Gasteiger partial charge is 0.303 e. The molecule has 0 fully saturated rings. The van der Waals surface area contributed by atoms with E-state index in [0.29, 0.717) is 0 Å². The Labute approximate surface area is 144 Å². The number of aliphatic hydroxyl groups excluding tert-OH is 1. The van der Waals surface area contributed by atoms with Crippen LogP contribution in [0.15, 0.2) is 0 Å². The van der Waals surface area contributed by atoms with Crippen molar-refractivity contribution in [1.82, 2.24) is 0 Å². The standard InChI is InChI=1S/C15H22O10/c1-7(16)13(21)15(25-11(5)20)14(24-10(4)19)12(23-9(3)18)6-22-8(2)17/h12-15,21H,6H2,1-5H3. The Morgan fingerprint density at radius 3 is 1.52 bits per heavy atom. The third kappa shape index (κ3) is 8.80. The van der Waals surface area contributed by atoms with E-state index in [1.807, 2.05) is 0 Å². The molecule has 0 radical (unpaired) electrons. The van der Waals surface area contributed by atoms with Gasteiger partial charge in [0, 0.05) is 27.7 Å². The van der Waals surface area contributed by atoms with Gasteiger partial charge < -0.3 is 24.1 Å². The zero-order valence-corrected chi connectivity index (χ0v) is 14.6. The quantitative estimate of drug-likeness (QED) is 0.413. The van der Waals surface area contributed by atoms with Crippen LogP contribution in [0.2, 0.25) is 0 Å². The van der Waals surface area contributed by atoms with Crippen molar-refractivity contribution in [3.05, 3.63) is 0 Å². The first-order chi connectivity index (χ1) is 11.5. The molecule has 0 aromatic carbocycles. The van der Waals surface area contributed by atoms with Crippen LogP contribution in [0.4, 0.5) is 0 Å². The number of ether oxygens (including phenoxy) is 4. The molecule has 0 aromatic heterocycles. The lowest BCUT2D eigenvalue weighted by Gasteiger charge is -2.33. The van der Waals surface area contributed by atoms with E-state index in [1.165, 1.54) is 0 Å². The molecule has 0 amide bonds. The molecule has 0 bridgehead atoms. The molecule has 0 saturated carbocycles. The Morgan fingerprint density at radius 2 is 1.16 bits per heavy atom. The predicted molar refractivity (Wildman–Crippen MR) is 80.0 cm³/mol. The molecular weight excluding hydrogens is 340 g/mol.